The van der Waals surface area contributed by atoms with Gasteiger partial charge in [-0.1, -0.05) is 6.07 Å². The second-order valence-electron chi connectivity index (χ2n) is 5.15. The molecule has 5 heteroatoms. The highest BCUT2D eigenvalue weighted by Crippen LogP contribution is 2.33. The van der Waals surface area contributed by atoms with E-state index in [9.17, 15) is 14.3 Å². The highest BCUT2D eigenvalue weighted by molar-refractivity contribution is 5.69. The molecule has 0 saturated heterocycles. The molecule has 0 radical (unpaired) electrons. The Morgan fingerprint density at radius 2 is 2.21 bits per heavy atom. The lowest BCUT2D eigenvalue weighted by Crippen LogP contribution is -2.34. The second-order valence-corrected chi connectivity index (χ2v) is 5.15. The topological polar surface area (TPSA) is 60.8 Å². The van der Waals surface area contributed by atoms with Crippen LogP contribution in [0.15, 0.2) is 18.2 Å². The van der Waals surface area contributed by atoms with E-state index in [4.69, 9.17) is 5.11 Å². The van der Waals surface area contributed by atoms with Gasteiger partial charge in [0.25, 0.3) is 0 Å². The summed E-state index contributed by atoms with van der Waals surface area (Å²) >= 11 is 0. The molecule has 0 aliphatic heterocycles. The number of nitrogens with zero attached hydrogens (tertiary/aromatic N) is 1. The largest absolute Gasteiger partial charge is 0.508 e. The van der Waals surface area contributed by atoms with Crippen molar-refractivity contribution in [2.24, 2.45) is 5.92 Å². The van der Waals surface area contributed by atoms with Gasteiger partial charge < -0.3 is 10.2 Å². The van der Waals surface area contributed by atoms with E-state index in [1.165, 1.54) is 12.1 Å². The van der Waals surface area contributed by atoms with Crippen molar-refractivity contribution in [2.75, 3.05) is 13.1 Å². The van der Waals surface area contributed by atoms with Crippen LogP contribution in [-0.4, -0.2) is 34.2 Å². The molecule has 1 unspecified atom stereocenters. The maximum atomic E-state index is 13.8. The molecule has 0 aromatic heterocycles. The Hall–Kier alpha value is -1.62. The number of halogens is 1. The third kappa shape index (κ3) is 3.67. The number of carboxylic acids is 1. The van der Waals surface area contributed by atoms with Crippen LogP contribution in [0.4, 0.5) is 4.39 Å². The van der Waals surface area contributed by atoms with Crippen LogP contribution in [0, 0.1) is 11.7 Å². The maximum absolute atomic E-state index is 13.8. The van der Waals surface area contributed by atoms with Crippen molar-refractivity contribution in [1.29, 1.82) is 0 Å². The molecule has 1 aromatic rings. The number of carbonyl (C=O) groups is 1. The Bertz CT molecular complexity index is 474. The van der Waals surface area contributed by atoms with Gasteiger partial charge in [-0.25, -0.2) is 4.39 Å². The third-order valence-electron chi connectivity index (χ3n) is 3.51. The van der Waals surface area contributed by atoms with Crippen molar-refractivity contribution in [3.8, 4) is 5.75 Å². The molecule has 0 amide bonds. The molecule has 1 fully saturated rings. The van der Waals surface area contributed by atoms with Gasteiger partial charge in [-0.3, -0.25) is 9.69 Å². The fourth-order valence-corrected chi connectivity index (χ4v) is 2.22. The molecule has 0 bridgehead atoms. The molecule has 1 aliphatic rings. The summed E-state index contributed by atoms with van der Waals surface area (Å²) in [6, 6.07) is 3.67. The van der Waals surface area contributed by atoms with Crippen LogP contribution in [0.2, 0.25) is 0 Å². The van der Waals surface area contributed by atoms with Crippen LogP contribution < -0.4 is 0 Å². The summed E-state index contributed by atoms with van der Waals surface area (Å²) < 4.78 is 13.8. The second kappa shape index (κ2) is 5.57. The summed E-state index contributed by atoms with van der Waals surface area (Å²) in [6.45, 7) is 2.37. The molecular weight excluding hydrogens is 249 g/mol. The predicted molar refractivity (Wildman–Crippen MR) is 68.4 cm³/mol. The third-order valence-corrected chi connectivity index (χ3v) is 3.51. The molecule has 2 N–H and O–H groups in total. The average Bonchev–Trinajstić information content (AvgIpc) is 3.10. The fourth-order valence-electron chi connectivity index (χ4n) is 2.22. The molecule has 2 rings (SSSR count). The first kappa shape index (κ1) is 13.8. The molecule has 0 spiro atoms. The molecule has 1 atom stereocenters. The quantitative estimate of drug-likeness (QED) is 0.830. The van der Waals surface area contributed by atoms with Crippen LogP contribution in [0.25, 0.3) is 0 Å². The molecule has 104 valence electrons. The van der Waals surface area contributed by atoms with Crippen LogP contribution in [0.1, 0.15) is 31.4 Å². The van der Waals surface area contributed by atoms with Crippen molar-refractivity contribution in [2.45, 2.75) is 25.8 Å². The molecule has 4 nitrogen and oxygen atoms in total. The molecular formula is C14H18FNO3. The number of carboxylic acid groups (broad SMARTS) is 1. The van der Waals surface area contributed by atoms with Crippen molar-refractivity contribution >= 4 is 5.97 Å². The van der Waals surface area contributed by atoms with Crippen LogP contribution >= 0.6 is 0 Å². The lowest BCUT2D eigenvalue weighted by atomic mass is 10.1. The van der Waals surface area contributed by atoms with E-state index in [0.717, 1.165) is 18.9 Å². The van der Waals surface area contributed by atoms with Crippen LogP contribution in [0.5, 0.6) is 5.75 Å². The van der Waals surface area contributed by atoms with E-state index in [-0.39, 0.29) is 18.3 Å². The van der Waals surface area contributed by atoms with E-state index >= 15 is 0 Å². The van der Waals surface area contributed by atoms with E-state index in [1.807, 2.05) is 0 Å². The zero-order chi connectivity index (χ0) is 14.0. The number of aromatic hydroxyl groups is 1. The number of rotatable bonds is 6. The summed E-state index contributed by atoms with van der Waals surface area (Å²) in [6.07, 6.45) is 2.22. The highest BCUT2D eigenvalue weighted by atomic mass is 19.1. The normalized spacial score (nSPS) is 16.6. The van der Waals surface area contributed by atoms with E-state index in [0.29, 0.717) is 18.0 Å². The Labute approximate surface area is 111 Å². The maximum Gasteiger partial charge on any atom is 0.317 e. The van der Waals surface area contributed by atoms with Gasteiger partial charge in [-0.15, -0.1) is 0 Å². The molecule has 0 heterocycles. The van der Waals surface area contributed by atoms with Gasteiger partial charge in [0.1, 0.15) is 11.6 Å². The molecule has 1 aromatic carbocycles. The minimum Gasteiger partial charge on any atom is -0.508 e. The molecule has 19 heavy (non-hydrogen) atoms. The average molecular weight is 267 g/mol. The summed E-state index contributed by atoms with van der Waals surface area (Å²) in [5.41, 5.74) is 0.416. The predicted octanol–water partition coefficient (Wildman–Crippen LogP) is 2.39. The van der Waals surface area contributed by atoms with Crippen LogP contribution in [-0.2, 0) is 4.79 Å². The van der Waals surface area contributed by atoms with Gasteiger partial charge in [-0.2, -0.15) is 0 Å². The Kier molecular flexibility index (Phi) is 4.04. The first-order chi connectivity index (χ1) is 8.97. The summed E-state index contributed by atoms with van der Waals surface area (Å²) in [4.78, 5) is 12.7. The lowest BCUT2D eigenvalue weighted by molar-refractivity contribution is -0.139. The van der Waals surface area contributed by atoms with Crippen molar-refractivity contribution in [1.82, 2.24) is 4.90 Å². The fraction of sp³-hybridized carbons (Fsp3) is 0.500. The zero-order valence-electron chi connectivity index (χ0n) is 10.8. The number of aliphatic carboxylic acids is 1. The first-order valence-corrected chi connectivity index (χ1v) is 6.41. The van der Waals surface area contributed by atoms with Gasteiger partial charge in [-0.05, 0) is 31.7 Å². The summed E-state index contributed by atoms with van der Waals surface area (Å²) in [7, 11) is 0. The van der Waals surface area contributed by atoms with Crippen molar-refractivity contribution in [3.05, 3.63) is 29.6 Å². The minimum atomic E-state index is -0.910. The standard InChI is InChI=1S/C14H18FNO3/c1-9(12-5-4-11(17)6-13(12)15)16(8-14(18)19)7-10-2-3-10/h4-6,9-10,17H,2-3,7-8H2,1H3,(H,18,19). The highest BCUT2D eigenvalue weighted by Gasteiger charge is 2.29. The van der Waals surface area contributed by atoms with Gasteiger partial charge in [0.2, 0.25) is 0 Å². The van der Waals surface area contributed by atoms with Gasteiger partial charge in [0.15, 0.2) is 0 Å². The monoisotopic (exact) mass is 267 g/mol. The number of hydrogen-bond acceptors (Lipinski definition) is 3. The van der Waals surface area contributed by atoms with Crippen molar-refractivity contribution in [3.63, 3.8) is 0 Å². The SMILES string of the molecule is CC(c1ccc(O)cc1F)N(CC(=O)O)CC1CC1. The molecule has 1 saturated carbocycles. The minimum absolute atomic E-state index is 0.0992. The Balaban J connectivity index is 2.16. The Morgan fingerprint density at radius 3 is 2.74 bits per heavy atom. The number of phenolic OH excluding ortho intramolecular Hbond substituents is 1. The zero-order valence-corrected chi connectivity index (χ0v) is 10.8. The number of benzene rings is 1. The summed E-state index contributed by atoms with van der Waals surface area (Å²) in [5, 5.41) is 18.2. The number of hydrogen-bond donors (Lipinski definition) is 2. The molecule has 1 aliphatic carbocycles. The van der Waals surface area contributed by atoms with E-state index in [2.05, 4.69) is 0 Å². The number of phenols is 1. The van der Waals surface area contributed by atoms with Gasteiger partial charge in [0.05, 0.1) is 6.54 Å². The lowest BCUT2D eigenvalue weighted by Gasteiger charge is -2.28. The van der Waals surface area contributed by atoms with E-state index in [1.54, 1.807) is 11.8 Å². The van der Waals surface area contributed by atoms with Crippen molar-refractivity contribution < 1.29 is 19.4 Å². The van der Waals surface area contributed by atoms with Crippen LogP contribution in [0.3, 0.4) is 0 Å². The smallest absolute Gasteiger partial charge is 0.317 e. The first-order valence-electron chi connectivity index (χ1n) is 6.41. The summed E-state index contributed by atoms with van der Waals surface area (Å²) in [5.74, 6) is -1.01. The van der Waals surface area contributed by atoms with Gasteiger partial charge >= 0.3 is 5.97 Å². The Morgan fingerprint density at radius 1 is 1.53 bits per heavy atom. The van der Waals surface area contributed by atoms with E-state index < -0.39 is 11.8 Å². The van der Waals surface area contributed by atoms with Gasteiger partial charge in [0, 0.05) is 24.2 Å².